The van der Waals surface area contributed by atoms with E-state index in [2.05, 4.69) is 40.6 Å². The summed E-state index contributed by atoms with van der Waals surface area (Å²) in [5.74, 6) is 0. The summed E-state index contributed by atoms with van der Waals surface area (Å²) >= 11 is 0.496. The molecular formula is C20H31BrN2Se. The Bertz CT molecular complexity index is 480. The van der Waals surface area contributed by atoms with Gasteiger partial charge in [0.2, 0.25) is 0 Å². The second-order valence-electron chi connectivity index (χ2n) is 7.06. The van der Waals surface area contributed by atoms with Gasteiger partial charge in [0.1, 0.15) is 0 Å². The van der Waals surface area contributed by atoms with Gasteiger partial charge in [-0.2, -0.15) is 0 Å². The van der Waals surface area contributed by atoms with Crippen LogP contribution in [0.25, 0.3) is 0 Å². The van der Waals surface area contributed by atoms with Gasteiger partial charge in [-0.25, -0.2) is 0 Å². The molecule has 2 fully saturated rings. The summed E-state index contributed by atoms with van der Waals surface area (Å²) in [5, 5.41) is 5.10. The van der Waals surface area contributed by atoms with Crippen molar-refractivity contribution in [1.82, 2.24) is 5.32 Å². The van der Waals surface area contributed by atoms with Crippen LogP contribution in [0.3, 0.4) is 0 Å². The van der Waals surface area contributed by atoms with Gasteiger partial charge < -0.3 is 17.0 Å². The average molecular weight is 454 g/mol. The molecule has 4 heteroatoms. The Morgan fingerprint density at radius 2 is 1.54 bits per heavy atom. The molecule has 2 aliphatic rings. The molecule has 134 valence electrons. The van der Waals surface area contributed by atoms with E-state index in [9.17, 15) is 0 Å². The zero-order valence-corrected chi connectivity index (χ0v) is 17.9. The van der Waals surface area contributed by atoms with Crippen molar-refractivity contribution in [2.24, 2.45) is 0 Å². The molecule has 2 nitrogen and oxygen atoms in total. The second-order valence-corrected chi connectivity index (χ2v) is 9.13. The fraction of sp³-hybridized carbons (Fsp3) is 0.650. The third kappa shape index (κ3) is 6.90. The van der Waals surface area contributed by atoms with E-state index in [0.717, 1.165) is 0 Å². The van der Waals surface area contributed by atoms with E-state index in [-0.39, 0.29) is 17.0 Å². The molecule has 2 N–H and O–H groups in total. The normalized spacial score (nSPS) is 20.4. The van der Waals surface area contributed by atoms with Gasteiger partial charge in [0.25, 0.3) is 0 Å². The SMILES string of the molecule is [Br-].c1ccc(C[75Se]C(NC2CCCCC2)=[NH+]C2CCCCC2)cc1. The van der Waals surface area contributed by atoms with Crippen molar-refractivity contribution in [3.8, 4) is 0 Å². The maximum atomic E-state index is 3.91. The summed E-state index contributed by atoms with van der Waals surface area (Å²) in [7, 11) is 0. The summed E-state index contributed by atoms with van der Waals surface area (Å²) in [6.07, 6.45) is 13.9. The summed E-state index contributed by atoms with van der Waals surface area (Å²) in [5.41, 5.74) is 1.47. The molecule has 0 aliphatic heterocycles. The van der Waals surface area contributed by atoms with E-state index in [1.54, 1.807) is 0 Å². The fourth-order valence-electron chi connectivity index (χ4n) is 3.72. The van der Waals surface area contributed by atoms with E-state index in [0.29, 0.717) is 27.0 Å². The van der Waals surface area contributed by atoms with E-state index in [1.807, 2.05) is 0 Å². The zero-order chi connectivity index (χ0) is 15.7. The van der Waals surface area contributed by atoms with Crippen molar-refractivity contribution in [1.29, 1.82) is 0 Å². The van der Waals surface area contributed by atoms with Crippen LogP contribution in [0, 0.1) is 0 Å². The van der Waals surface area contributed by atoms with Gasteiger partial charge in [-0.05, 0) is 0 Å². The van der Waals surface area contributed by atoms with E-state index in [1.165, 1.54) is 79.8 Å². The molecule has 0 bridgehead atoms. The number of hydrogen-bond donors (Lipinski definition) is 2. The first-order valence-electron chi connectivity index (χ1n) is 9.47. The van der Waals surface area contributed by atoms with E-state index >= 15 is 0 Å². The summed E-state index contributed by atoms with van der Waals surface area (Å²) in [4.78, 5) is 3.91. The van der Waals surface area contributed by atoms with Gasteiger partial charge >= 0.3 is 148 Å². The van der Waals surface area contributed by atoms with Crippen LogP contribution < -0.4 is 27.3 Å². The molecule has 2 aliphatic carbocycles. The van der Waals surface area contributed by atoms with Crippen molar-refractivity contribution in [3.05, 3.63) is 35.9 Å². The zero-order valence-electron chi connectivity index (χ0n) is 14.6. The Morgan fingerprint density at radius 1 is 0.917 bits per heavy atom. The molecule has 1 aromatic rings. The molecule has 0 aromatic heterocycles. The van der Waals surface area contributed by atoms with Crippen LogP contribution in [0.1, 0.15) is 69.8 Å². The Morgan fingerprint density at radius 3 is 2.21 bits per heavy atom. The van der Waals surface area contributed by atoms with E-state index in [4.69, 9.17) is 0 Å². The van der Waals surface area contributed by atoms with Crippen molar-refractivity contribution in [3.63, 3.8) is 0 Å². The molecule has 0 amide bonds. The molecule has 0 heterocycles. The number of halogens is 1. The van der Waals surface area contributed by atoms with Crippen LogP contribution in [0.15, 0.2) is 30.3 Å². The van der Waals surface area contributed by atoms with Gasteiger partial charge in [-0.3, -0.25) is 0 Å². The van der Waals surface area contributed by atoms with Crippen molar-refractivity contribution in [2.75, 3.05) is 0 Å². The standard InChI is InChI=1S/C20H30N2Se.BrH/c1-4-10-17(11-5-1)16-23-20(21-18-12-6-2-7-13-18)22-19-14-8-3-9-15-19;/h1,4-5,10-11,18-19H,2-3,6-9,12-16H2,(H,21,22);1H/i23-4;. The second kappa shape index (κ2) is 11.3. The van der Waals surface area contributed by atoms with Crippen LogP contribution in [0.4, 0.5) is 0 Å². The summed E-state index contributed by atoms with van der Waals surface area (Å²) < 4.78 is 1.47. The predicted octanol–water partition coefficient (Wildman–Crippen LogP) is -0.414. The quantitative estimate of drug-likeness (QED) is 0.353. The number of amidine groups is 1. The number of benzene rings is 1. The molecular weight excluding hydrogens is 423 g/mol. The molecule has 0 saturated heterocycles. The number of nitrogens with one attached hydrogen (secondary N) is 2. The van der Waals surface area contributed by atoms with Crippen molar-refractivity contribution < 1.29 is 22.0 Å². The Balaban J connectivity index is 0.00000208. The predicted molar refractivity (Wildman–Crippen MR) is 98.8 cm³/mol. The Labute approximate surface area is 164 Å². The Hall–Kier alpha value is -0.311. The van der Waals surface area contributed by atoms with Crippen molar-refractivity contribution >= 4 is 19.7 Å². The fourth-order valence-corrected chi connectivity index (χ4v) is 5.82. The van der Waals surface area contributed by atoms with E-state index < -0.39 is 0 Å². The average Bonchev–Trinajstić information content (AvgIpc) is 2.62. The Kier molecular flexibility index (Phi) is 9.45. The van der Waals surface area contributed by atoms with Gasteiger partial charge in [0.15, 0.2) is 0 Å². The van der Waals surface area contributed by atoms with Gasteiger partial charge in [-0.15, -0.1) is 0 Å². The first kappa shape index (κ1) is 20.0. The maximum absolute atomic E-state index is 3.91. The monoisotopic (exact) mass is 453 g/mol. The van der Waals surface area contributed by atoms with Crippen LogP contribution in [-0.4, -0.2) is 31.8 Å². The molecule has 24 heavy (non-hydrogen) atoms. The first-order chi connectivity index (χ1) is 11.4. The molecule has 0 spiro atoms. The topological polar surface area (TPSA) is 26.0 Å². The van der Waals surface area contributed by atoms with Gasteiger partial charge in [0, 0.05) is 0 Å². The third-order valence-corrected chi connectivity index (χ3v) is 7.21. The minimum atomic E-state index is 0. The third-order valence-electron chi connectivity index (χ3n) is 5.11. The number of rotatable bonds is 5. The van der Waals surface area contributed by atoms with Crippen LogP contribution >= 0.6 is 0 Å². The molecule has 2 saturated carbocycles. The molecule has 0 unspecified atom stereocenters. The minimum absolute atomic E-state index is 0. The van der Waals surface area contributed by atoms with Crippen LogP contribution in [0.5, 0.6) is 0 Å². The molecule has 0 radical (unpaired) electrons. The van der Waals surface area contributed by atoms with Crippen LogP contribution in [-0.2, 0) is 5.32 Å². The summed E-state index contributed by atoms with van der Waals surface area (Å²) in [6, 6.07) is 12.4. The first-order valence-corrected chi connectivity index (χ1v) is 11.5. The molecule has 1 aromatic carbocycles. The van der Waals surface area contributed by atoms with Gasteiger partial charge in [0.05, 0.1) is 0 Å². The van der Waals surface area contributed by atoms with Crippen molar-refractivity contribution in [2.45, 2.75) is 81.6 Å². The number of hydrogen-bond acceptors (Lipinski definition) is 0. The molecule has 3 rings (SSSR count). The molecule has 0 atom stereocenters. The van der Waals surface area contributed by atoms with Gasteiger partial charge in [-0.1, -0.05) is 0 Å². The summed E-state index contributed by atoms with van der Waals surface area (Å²) in [6.45, 7) is 0. The van der Waals surface area contributed by atoms with Crippen LogP contribution in [0.2, 0.25) is 0 Å².